The number of aliphatic hydroxyl groups excluding tert-OH is 1. The molecule has 1 aromatic rings. The number of halogens is 2. The van der Waals surface area contributed by atoms with Crippen LogP contribution in [0.25, 0.3) is 0 Å². The molecule has 0 heterocycles. The molecule has 1 aromatic carbocycles. The zero-order valence-corrected chi connectivity index (χ0v) is 9.79. The summed E-state index contributed by atoms with van der Waals surface area (Å²) in [5.74, 6) is -0.183. The van der Waals surface area contributed by atoms with Crippen molar-refractivity contribution in [1.82, 2.24) is 0 Å². The van der Waals surface area contributed by atoms with E-state index in [4.69, 9.17) is 23.2 Å². The predicted molar refractivity (Wildman–Crippen MR) is 61.3 cm³/mol. The van der Waals surface area contributed by atoms with Crippen LogP contribution >= 0.6 is 23.2 Å². The first kappa shape index (κ1) is 12.5. The first-order chi connectivity index (χ1) is 7.02. The molecule has 1 N–H and O–H groups in total. The fourth-order valence-electron chi connectivity index (χ4n) is 1.31. The standard InChI is InChI=1S/C11H12Cl2O2/c1-7(6-14)2-11(15)8-3-9(12)5-10(13)4-8/h3-7,11,15H,2H2,1H3. The highest BCUT2D eigenvalue weighted by molar-refractivity contribution is 6.34. The molecule has 1 rings (SSSR count). The monoisotopic (exact) mass is 246 g/mol. The minimum absolute atomic E-state index is 0.183. The minimum atomic E-state index is -0.707. The van der Waals surface area contributed by atoms with Gasteiger partial charge in [-0.15, -0.1) is 0 Å². The molecule has 0 aliphatic heterocycles. The third kappa shape index (κ3) is 3.82. The molecule has 2 atom stereocenters. The largest absolute Gasteiger partial charge is 0.388 e. The smallest absolute Gasteiger partial charge is 0.122 e. The van der Waals surface area contributed by atoms with Crippen LogP contribution in [0, 0.1) is 5.92 Å². The summed E-state index contributed by atoms with van der Waals surface area (Å²) >= 11 is 11.6. The van der Waals surface area contributed by atoms with Crippen molar-refractivity contribution in [3.8, 4) is 0 Å². The molecule has 0 saturated carbocycles. The topological polar surface area (TPSA) is 37.3 Å². The molecule has 0 aliphatic carbocycles. The normalized spacial score (nSPS) is 14.7. The molecular weight excluding hydrogens is 235 g/mol. The third-order valence-electron chi connectivity index (χ3n) is 2.10. The summed E-state index contributed by atoms with van der Waals surface area (Å²) in [4.78, 5) is 10.4. The van der Waals surface area contributed by atoms with Crippen LogP contribution in [-0.4, -0.2) is 11.4 Å². The lowest BCUT2D eigenvalue weighted by molar-refractivity contribution is -0.111. The molecule has 2 nitrogen and oxygen atoms in total. The van der Waals surface area contributed by atoms with Crippen molar-refractivity contribution >= 4 is 29.5 Å². The highest BCUT2D eigenvalue weighted by atomic mass is 35.5. The van der Waals surface area contributed by atoms with E-state index in [1.165, 1.54) is 0 Å². The Morgan fingerprint density at radius 1 is 1.33 bits per heavy atom. The summed E-state index contributed by atoms with van der Waals surface area (Å²) in [6.07, 6.45) is 0.483. The van der Waals surface area contributed by atoms with E-state index < -0.39 is 6.10 Å². The summed E-state index contributed by atoms with van der Waals surface area (Å²) in [7, 11) is 0. The molecule has 4 heteroatoms. The van der Waals surface area contributed by atoms with Gasteiger partial charge in [0, 0.05) is 16.0 Å². The maximum Gasteiger partial charge on any atom is 0.122 e. The Labute approximate surface area is 98.8 Å². The predicted octanol–water partition coefficient (Wildman–Crippen LogP) is 3.25. The Balaban J connectivity index is 2.81. The van der Waals surface area contributed by atoms with Crippen LogP contribution in [0.5, 0.6) is 0 Å². The number of hydrogen-bond donors (Lipinski definition) is 1. The van der Waals surface area contributed by atoms with Crippen LogP contribution in [-0.2, 0) is 4.79 Å². The third-order valence-corrected chi connectivity index (χ3v) is 2.53. The molecule has 0 fully saturated rings. The van der Waals surface area contributed by atoms with Crippen LogP contribution in [0.15, 0.2) is 18.2 Å². The Bertz CT molecular complexity index is 332. The van der Waals surface area contributed by atoms with Gasteiger partial charge in [0.25, 0.3) is 0 Å². The van der Waals surface area contributed by atoms with Crippen molar-refractivity contribution in [3.63, 3.8) is 0 Å². The van der Waals surface area contributed by atoms with Crippen molar-refractivity contribution < 1.29 is 9.90 Å². The van der Waals surface area contributed by atoms with Crippen LogP contribution < -0.4 is 0 Å². The van der Waals surface area contributed by atoms with Crippen molar-refractivity contribution in [2.75, 3.05) is 0 Å². The molecule has 0 aliphatic rings. The molecule has 0 spiro atoms. The molecular formula is C11H12Cl2O2. The van der Waals surface area contributed by atoms with E-state index in [1.807, 2.05) is 0 Å². The zero-order valence-electron chi connectivity index (χ0n) is 8.28. The van der Waals surface area contributed by atoms with Crippen molar-refractivity contribution in [2.45, 2.75) is 19.4 Å². The molecule has 82 valence electrons. The van der Waals surface area contributed by atoms with Gasteiger partial charge in [-0.05, 0) is 30.2 Å². The fraction of sp³-hybridized carbons (Fsp3) is 0.364. The Morgan fingerprint density at radius 2 is 1.87 bits per heavy atom. The Morgan fingerprint density at radius 3 is 2.33 bits per heavy atom. The van der Waals surface area contributed by atoms with E-state index in [-0.39, 0.29) is 5.92 Å². The molecule has 0 amide bonds. The van der Waals surface area contributed by atoms with Crippen molar-refractivity contribution in [1.29, 1.82) is 0 Å². The zero-order chi connectivity index (χ0) is 11.4. The Kier molecular flexibility index (Phi) is 4.58. The summed E-state index contributed by atoms with van der Waals surface area (Å²) in [6.45, 7) is 1.75. The average Bonchev–Trinajstić information content (AvgIpc) is 2.16. The second kappa shape index (κ2) is 5.50. The maximum absolute atomic E-state index is 10.4. The first-order valence-corrected chi connectivity index (χ1v) is 5.38. The summed E-state index contributed by atoms with van der Waals surface area (Å²) in [5.41, 5.74) is 0.640. The lowest BCUT2D eigenvalue weighted by Gasteiger charge is -2.13. The SMILES string of the molecule is CC(C=O)CC(O)c1cc(Cl)cc(Cl)c1. The summed E-state index contributed by atoms with van der Waals surface area (Å²) in [5, 5.41) is 10.8. The molecule has 0 aromatic heterocycles. The van der Waals surface area contributed by atoms with Gasteiger partial charge in [0.1, 0.15) is 6.29 Å². The van der Waals surface area contributed by atoms with E-state index >= 15 is 0 Å². The molecule has 0 radical (unpaired) electrons. The van der Waals surface area contributed by atoms with Crippen molar-refractivity contribution in [3.05, 3.63) is 33.8 Å². The van der Waals surface area contributed by atoms with Gasteiger partial charge in [-0.3, -0.25) is 0 Å². The van der Waals surface area contributed by atoms with Gasteiger partial charge >= 0.3 is 0 Å². The van der Waals surface area contributed by atoms with Crippen LogP contribution in [0.3, 0.4) is 0 Å². The van der Waals surface area contributed by atoms with Crippen LogP contribution in [0.4, 0.5) is 0 Å². The average molecular weight is 247 g/mol. The van der Waals surface area contributed by atoms with E-state index in [1.54, 1.807) is 25.1 Å². The summed E-state index contributed by atoms with van der Waals surface area (Å²) < 4.78 is 0. The number of carbonyl (C=O) groups is 1. The first-order valence-electron chi connectivity index (χ1n) is 4.62. The highest BCUT2D eigenvalue weighted by Crippen LogP contribution is 2.26. The van der Waals surface area contributed by atoms with Crippen LogP contribution in [0.1, 0.15) is 25.0 Å². The van der Waals surface area contributed by atoms with Gasteiger partial charge in [-0.2, -0.15) is 0 Å². The van der Waals surface area contributed by atoms with Gasteiger partial charge in [0.15, 0.2) is 0 Å². The summed E-state index contributed by atoms with van der Waals surface area (Å²) in [6, 6.07) is 4.90. The number of rotatable bonds is 4. The molecule has 2 unspecified atom stereocenters. The highest BCUT2D eigenvalue weighted by Gasteiger charge is 2.13. The molecule has 15 heavy (non-hydrogen) atoms. The maximum atomic E-state index is 10.4. The molecule has 0 saturated heterocycles. The minimum Gasteiger partial charge on any atom is -0.388 e. The lowest BCUT2D eigenvalue weighted by Crippen LogP contribution is -2.05. The van der Waals surface area contributed by atoms with Gasteiger partial charge in [-0.1, -0.05) is 30.1 Å². The number of aldehydes is 1. The van der Waals surface area contributed by atoms with Crippen LogP contribution in [0.2, 0.25) is 10.0 Å². The fourth-order valence-corrected chi connectivity index (χ4v) is 1.85. The van der Waals surface area contributed by atoms with E-state index in [2.05, 4.69) is 0 Å². The van der Waals surface area contributed by atoms with Crippen molar-refractivity contribution in [2.24, 2.45) is 5.92 Å². The van der Waals surface area contributed by atoms with Gasteiger partial charge in [-0.25, -0.2) is 0 Å². The Hall–Kier alpha value is -0.570. The number of carbonyl (C=O) groups excluding carboxylic acids is 1. The quantitative estimate of drug-likeness (QED) is 0.829. The van der Waals surface area contributed by atoms with E-state index in [0.717, 1.165) is 6.29 Å². The van der Waals surface area contributed by atoms with E-state index in [0.29, 0.717) is 22.0 Å². The molecule has 0 bridgehead atoms. The lowest BCUT2D eigenvalue weighted by atomic mass is 9.99. The van der Waals surface area contributed by atoms with Gasteiger partial charge < -0.3 is 9.90 Å². The second-order valence-electron chi connectivity index (χ2n) is 3.57. The second-order valence-corrected chi connectivity index (χ2v) is 4.44. The number of benzene rings is 1. The van der Waals surface area contributed by atoms with Gasteiger partial charge in [0.05, 0.1) is 6.10 Å². The number of hydrogen-bond acceptors (Lipinski definition) is 2. The van der Waals surface area contributed by atoms with E-state index in [9.17, 15) is 9.90 Å². The van der Waals surface area contributed by atoms with Gasteiger partial charge in [0.2, 0.25) is 0 Å². The number of aliphatic hydroxyl groups is 1.